The monoisotopic (exact) mass is 495 g/mol. The molecule has 1 aliphatic rings. The number of aromatic nitrogens is 2. The first-order valence-electron chi connectivity index (χ1n) is 12.4. The van der Waals surface area contributed by atoms with Gasteiger partial charge in [-0.25, -0.2) is 14.4 Å². The smallest absolute Gasteiger partial charge is 0.255 e. The van der Waals surface area contributed by atoms with Crippen LogP contribution in [0.1, 0.15) is 54.8 Å². The standard InChI is InChI=1S/C27H34FN5O3/c1-6-36-23-14-19(7-8-22(23)28)18(4)32-26(34)21-15-30-24-20(13-17(3)31-27(24)35-5)25(21)33-11-9-16(2)29-10-12-33/h7-8,13-16,18,29H,6,9-12H2,1-5H3,(H,32,34)/t16-,18-/m0/s1. The molecule has 3 heterocycles. The van der Waals surface area contributed by atoms with Crippen molar-refractivity contribution >= 4 is 22.5 Å². The maximum Gasteiger partial charge on any atom is 0.255 e. The molecule has 9 heteroatoms. The molecule has 0 bridgehead atoms. The first kappa shape index (κ1) is 25.6. The molecular weight excluding hydrogens is 461 g/mol. The van der Waals surface area contributed by atoms with Crippen molar-refractivity contribution in [3.05, 3.63) is 53.1 Å². The highest BCUT2D eigenvalue weighted by Gasteiger charge is 2.25. The molecule has 2 N–H and O–H groups in total. The van der Waals surface area contributed by atoms with Crippen molar-refractivity contribution in [2.75, 3.05) is 38.3 Å². The minimum Gasteiger partial charge on any atom is -0.491 e. The first-order valence-corrected chi connectivity index (χ1v) is 12.4. The van der Waals surface area contributed by atoms with Gasteiger partial charge in [-0.1, -0.05) is 6.07 Å². The van der Waals surface area contributed by atoms with Crippen LogP contribution >= 0.6 is 0 Å². The van der Waals surface area contributed by atoms with Gasteiger partial charge in [-0.05, 0) is 57.9 Å². The minimum absolute atomic E-state index is 0.172. The second-order valence-electron chi connectivity index (χ2n) is 9.14. The molecule has 0 aliphatic carbocycles. The molecule has 1 fully saturated rings. The van der Waals surface area contributed by atoms with E-state index in [2.05, 4.69) is 32.4 Å². The summed E-state index contributed by atoms with van der Waals surface area (Å²) in [5.74, 6) is -0.0805. The van der Waals surface area contributed by atoms with Gasteiger partial charge in [0.2, 0.25) is 5.88 Å². The number of fused-ring (bicyclic) bond motifs is 1. The fraction of sp³-hybridized carbons (Fsp3) is 0.444. The Morgan fingerprint density at radius 2 is 2.14 bits per heavy atom. The number of carbonyl (C=O) groups is 1. The summed E-state index contributed by atoms with van der Waals surface area (Å²) in [4.78, 5) is 24.9. The molecule has 1 aromatic carbocycles. The highest BCUT2D eigenvalue weighted by atomic mass is 19.1. The molecule has 2 atom stereocenters. The van der Waals surface area contributed by atoms with Crippen LogP contribution in [0.15, 0.2) is 30.5 Å². The number of halogens is 1. The Labute approximate surface area is 211 Å². The van der Waals surface area contributed by atoms with Crippen LogP contribution in [0.4, 0.5) is 10.1 Å². The van der Waals surface area contributed by atoms with Gasteiger partial charge in [0.25, 0.3) is 5.91 Å². The molecule has 1 aliphatic heterocycles. The summed E-state index contributed by atoms with van der Waals surface area (Å²) in [5.41, 5.74) is 3.44. The van der Waals surface area contributed by atoms with Crippen molar-refractivity contribution in [3.8, 4) is 11.6 Å². The molecule has 0 spiro atoms. The maximum absolute atomic E-state index is 14.1. The lowest BCUT2D eigenvalue weighted by Gasteiger charge is -2.27. The van der Waals surface area contributed by atoms with Gasteiger partial charge in [0.1, 0.15) is 5.52 Å². The van der Waals surface area contributed by atoms with Crippen molar-refractivity contribution in [1.29, 1.82) is 0 Å². The zero-order valence-corrected chi connectivity index (χ0v) is 21.5. The van der Waals surface area contributed by atoms with Gasteiger partial charge >= 0.3 is 0 Å². The molecule has 0 unspecified atom stereocenters. The number of anilines is 1. The van der Waals surface area contributed by atoms with Crippen LogP contribution in [0.2, 0.25) is 0 Å². The molecule has 1 saturated heterocycles. The number of rotatable bonds is 7. The Morgan fingerprint density at radius 3 is 2.89 bits per heavy atom. The van der Waals surface area contributed by atoms with E-state index in [-0.39, 0.29) is 17.7 Å². The number of ether oxygens (including phenoxy) is 2. The minimum atomic E-state index is -0.429. The number of nitrogens with one attached hydrogen (secondary N) is 2. The predicted molar refractivity (Wildman–Crippen MR) is 139 cm³/mol. The molecule has 8 nitrogen and oxygen atoms in total. The van der Waals surface area contributed by atoms with Crippen LogP contribution in [-0.2, 0) is 0 Å². The summed E-state index contributed by atoms with van der Waals surface area (Å²) in [6.45, 7) is 10.4. The number of carbonyl (C=O) groups excluding carboxylic acids is 1. The third-order valence-corrected chi connectivity index (χ3v) is 6.49. The normalized spacial score (nSPS) is 16.9. The highest BCUT2D eigenvalue weighted by molar-refractivity contribution is 6.08. The van der Waals surface area contributed by atoms with Gasteiger partial charge < -0.3 is 25.0 Å². The number of amides is 1. The van der Waals surface area contributed by atoms with Crippen LogP contribution < -0.4 is 25.0 Å². The Hall–Kier alpha value is -3.46. The van der Waals surface area contributed by atoms with Gasteiger partial charge in [0, 0.05) is 43.0 Å². The Bertz CT molecular complexity index is 1250. The number of hydrogen-bond donors (Lipinski definition) is 2. The summed E-state index contributed by atoms with van der Waals surface area (Å²) in [6.07, 6.45) is 2.54. The number of aryl methyl sites for hydroxylation is 1. The Balaban J connectivity index is 1.74. The summed E-state index contributed by atoms with van der Waals surface area (Å²) in [6, 6.07) is 6.61. The molecule has 0 radical (unpaired) electrons. The molecule has 2 aromatic heterocycles. The van der Waals surface area contributed by atoms with E-state index < -0.39 is 5.82 Å². The van der Waals surface area contributed by atoms with Gasteiger partial charge in [-0.15, -0.1) is 0 Å². The van der Waals surface area contributed by atoms with E-state index in [4.69, 9.17) is 9.47 Å². The summed E-state index contributed by atoms with van der Waals surface area (Å²) >= 11 is 0. The molecule has 4 rings (SSSR count). The predicted octanol–water partition coefficient (Wildman–Crippen LogP) is 4.16. The van der Waals surface area contributed by atoms with Crippen LogP contribution in [0.25, 0.3) is 10.9 Å². The van der Waals surface area contributed by atoms with Crippen LogP contribution in [0.5, 0.6) is 11.6 Å². The molecule has 36 heavy (non-hydrogen) atoms. The van der Waals surface area contributed by atoms with Gasteiger partial charge in [-0.3, -0.25) is 4.79 Å². The van der Waals surface area contributed by atoms with E-state index in [1.54, 1.807) is 32.4 Å². The number of hydrogen-bond acceptors (Lipinski definition) is 7. The van der Waals surface area contributed by atoms with Crippen molar-refractivity contribution in [2.45, 2.75) is 46.2 Å². The second-order valence-corrected chi connectivity index (χ2v) is 9.14. The van der Waals surface area contributed by atoms with E-state index in [0.717, 1.165) is 48.4 Å². The largest absolute Gasteiger partial charge is 0.491 e. The van der Waals surface area contributed by atoms with Crippen molar-refractivity contribution in [1.82, 2.24) is 20.6 Å². The van der Waals surface area contributed by atoms with Gasteiger partial charge in [0.05, 0.1) is 31.0 Å². The Morgan fingerprint density at radius 1 is 1.33 bits per heavy atom. The third kappa shape index (κ3) is 5.36. The quantitative estimate of drug-likeness (QED) is 0.509. The SMILES string of the molecule is CCOc1cc([C@H](C)NC(=O)c2cnc3c(OC)nc(C)cc3c2N2CCN[C@@H](C)CC2)ccc1F. The molecule has 3 aromatic rings. The van der Waals surface area contributed by atoms with E-state index in [1.807, 2.05) is 19.9 Å². The first-order chi connectivity index (χ1) is 17.3. The zero-order valence-electron chi connectivity index (χ0n) is 21.5. The molecule has 192 valence electrons. The molecule has 1 amide bonds. The van der Waals surface area contributed by atoms with Crippen LogP contribution in [0.3, 0.4) is 0 Å². The van der Waals surface area contributed by atoms with E-state index in [9.17, 15) is 9.18 Å². The Kier molecular flexibility index (Phi) is 7.88. The second kappa shape index (κ2) is 11.1. The third-order valence-electron chi connectivity index (χ3n) is 6.49. The fourth-order valence-corrected chi connectivity index (χ4v) is 4.57. The van der Waals surface area contributed by atoms with Gasteiger partial charge in [-0.2, -0.15) is 0 Å². The lowest BCUT2D eigenvalue weighted by atomic mass is 10.0. The number of pyridine rings is 2. The van der Waals surface area contributed by atoms with Crippen LogP contribution in [0, 0.1) is 12.7 Å². The molecular formula is C27H34FN5O3. The number of nitrogens with zero attached hydrogens (tertiary/aromatic N) is 3. The fourth-order valence-electron chi connectivity index (χ4n) is 4.57. The zero-order chi connectivity index (χ0) is 25.8. The summed E-state index contributed by atoms with van der Waals surface area (Å²) < 4.78 is 25.0. The van der Waals surface area contributed by atoms with Crippen LogP contribution in [-0.4, -0.2) is 55.3 Å². The number of methoxy groups -OCH3 is 1. The van der Waals surface area contributed by atoms with Crippen molar-refractivity contribution in [3.63, 3.8) is 0 Å². The number of benzene rings is 1. The average Bonchev–Trinajstić information content (AvgIpc) is 3.08. The maximum atomic E-state index is 14.1. The van der Waals surface area contributed by atoms with Crippen molar-refractivity contribution in [2.24, 2.45) is 0 Å². The van der Waals surface area contributed by atoms with Gasteiger partial charge in [0.15, 0.2) is 11.6 Å². The average molecular weight is 496 g/mol. The lowest BCUT2D eigenvalue weighted by molar-refractivity contribution is 0.0940. The topological polar surface area (TPSA) is 88.6 Å². The highest BCUT2D eigenvalue weighted by Crippen LogP contribution is 2.35. The lowest BCUT2D eigenvalue weighted by Crippen LogP contribution is -2.33. The van der Waals surface area contributed by atoms with Crippen molar-refractivity contribution < 1.29 is 18.7 Å². The summed E-state index contributed by atoms with van der Waals surface area (Å²) in [7, 11) is 1.57. The molecule has 0 saturated carbocycles. The van der Waals surface area contributed by atoms with E-state index >= 15 is 0 Å². The summed E-state index contributed by atoms with van der Waals surface area (Å²) in [5, 5.41) is 7.41. The van der Waals surface area contributed by atoms with E-state index in [1.165, 1.54) is 6.07 Å². The van der Waals surface area contributed by atoms with E-state index in [0.29, 0.717) is 29.6 Å².